The Morgan fingerprint density at radius 1 is 0.929 bits per heavy atom. The molecule has 0 fully saturated rings. The van der Waals surface area contributed by atoms with Gasteiger partial charge in [-0.25, -0.2) is 18.4 Å². The lowest BCUT2D eigenvalue weighted by Crippen LogP contribution is -1.97. The summed E-state index contributed by atoms with van der Waals surface area (Å²) in [5, 5.41) is 1.43. The maximum absolute atomic E-state index is 11.7. The van der Waals surface area contributed by atoms with E-state index in [-0.39, 0.29) is 4.90 Å². The highest BCUT2D eigenvalue weighted by Gasteiger charge is 2.12. The number of rotatable bonds is 4. The van der Waals surface area contributed by atoms with E-state index in [4.69, 9.17) is 16.3 Å². The summed E-state index contributed by atoms with van der Waals surface area (Å²) >= 11 is 6.36. The zero-order valence-corrected chi connectivity index (χ0v) is 16.4. The van der Waals surface area contributed by atoms with Crippen LogP contribution in [0.15, 0.2) is 77.8 Å². The normalized spacial score (nSPS) is 11.5. The standard InChI is InChI=1S/C21H15ClN2O3S/c1-28(25,26)17-7-4-6-15(11-17)27-16-9-10-19(22)18(12-16)21-23-13-14-5-2-3-8-20(14)24-21/h2-13H,1H3. The fourth-order valence-corrected chi connectivity index (χ4v) is 3.60. The van der Waals surface area contributed by atoms with Crippen molar-refractivity contribution in [1.82, 2.24) is 9.97 Å². The average molecular weight is 411 g/mol. The highest BCUT2D eigenvalue weighted by atomic mass is 35.5. The second-order valence-corrected chi connectivity index (χ2v) is 8.67. The second kappa shape index (κ2) is 7.22. The molecule has 0 aliphatic carbocycles. The van der Waals surface area contributed by atoms with Gasteiger partial charge in [0.1, 0.15) is 11.5 Å². The number of halogens is 1. The molecule has 0 unspecified atom stereocenters. The van der Waals surface area contributed by atoms with E-state index in [9.17, 15) is 8.42 Å². The number of aromatic nitrogens is 2. The third kappa shape index (κ3) is 3.83. The minimum absolute atomic E-state index is 0.192. The Labute approximate surface area is 167 Å². The molecule has 140 valence electrons. The zero-order chi connectivity index (χ0) is 19.7. The van der Waals surface area contributed by atoms with Crippen LogP contribution in [0.4, 0.5) is 0 Å². The van der Waals surface area contributed by atoms with Gasteiger partial charge in [-0.05, 0) is 42.5 Å². The first-order chi connectivity index (χ1) is 13.4. The second-order valence-electron chi connectivity index (χ2n) is 6.24. The summed E-state index contributed by atoms with van der Waals surface area (Å²) in [4.78, 5) is 9.16. The number of ether oxygens (including phenoxy) is 1. The monoisotopic (exact) mass is 410 g/mol. The van der Waals surface area contributed by atoms with Crippen LogP contribution in [0.5, 0.6) is 11.5 Å². The van der Waals surface area contributed by atoms with Crippen molar-refractivity contribution in [1.29, 1.82) is 0 Å². The van der Waals surface area contributed by atoms with Crippen LogP contribution in [-0.4, -0.2) is 24.6 Å². The molecule has 0 aliphatic rings. The molecule has 0 N–H and O–H groups in total. The number of nitrogens with zero attached hydrogens (tertiary/aromatic N) is 2. The van der Waals surface area contributed by atoms with Crippen molar-refractivity contribution in [3.8, 4) is 22.9 Å². The third-order valence-electron chi connectivity index (χ3n) is 4.14. The number of benzene rings is 3. The van der Waals surface area contributed by atoms with Crippen molar-refractivity contribution in [2.45, 2.75) is 4.90 Å². The molecular weight excluding hydrogens is 396 g/mol. The summed E-state index contributed by atoms with van der Waals surface area (Å²) in [6, 6.07) is 19.2. The molecule has 0 saturated carbocycles. The maximum Gasteiger partial charge on any atom is 0.175 e. The highest BCUT2D eigenvalue weighted by Crippen LogP contribution is 2.32. The summed E-state index contributed by atoms with van der Waals surface area (Å²) in [5.41, 5.74) is 1.44. The Hall–Kier alpha value is -2.96. The van der Waals surface area contributed by atoms with Crippen molar-refractivity contribution in [3.05, 3.63) is 77.9 Å². The summed E-state index contributed by atoms with van der Waals surface area (Å²) < 4.78 is 29.3. The van der Waals surface area contributed by atoms with Gasteiger partial charge >= 0.3 is 0 Å². The number of sulfone groups is 1. The lowest BCUT2D eigenvalue weighted by Gasteiger charge is -2.10. The minimum Gasteiger partial charge on any atom is -0.457 e. The first-order valence-corrected chi connectivity index (χ1v) is 10.7. The fourth-order valence-electron chi connectivity index (χ4n) is 2.75. The average Bonchev–Trinajstić information content (AvgIpc) is 2.69. The molecule has 4 aromatic rings. The van der Waals surface area contributed by atoms with Crippen LogP contribution in [0.25, 0.3) is 22.3 Å². The lowest BCUT2D eigenvalue weighted by molar-refractivity contribution is 0.481. The molecule has 0 amide bonds. The van der Waals surface area contributed by atoms with E-state index in [2.05, 4.69) is 9.97 Å². The lowest BCUT2D eigenvalue weighted by atomic mass is 10.2. The third-order valence-corrected chi connectivity index (χ3v) is 5.58. The number of para-hydroxylation sites is 1. The van der Waals surface area contributed by atoms with Crippen LogP contribution in [0.1, 0.15) is 0 Å². The Bertz CT molecular complexity index is 1290. The maximum atomic E-state index is 11.7. The summed E-state index contributed by atoms with van der Waals surface area (Å²) in [5.74, 6) is 1.40. The number of hydrogen-bond acceptors (Lipinski definition) is 5. The molecule has 7 heteroatoms. The van der Waals surface area contributed by atoms with E-state index >= 15 is 0 Å². The van der Waals surface area contributed by atoms with Crippen LogP contribution in [0, 0.1) is 0 Å². The Kier molecular flexibility index (Phi) is 4.75. The highest BCUT2D eigenvalue weighted by molar-refractivity contribution is 7.90. The Morgan fingerprint density at radius 2 is 1.71 bits per heavy atom. The van der Waals surface area contributed by atoms with E-state index < -0.39 is 9.84 Å². The molecule has 28 heavy (non-hydrogen) atoms. The van der Waals surface area contributed by atoms with Crippen molar-refractivity contribution >= 4 is 32.3 Å². The van der Waals surface area contributed by atoms with Crippen LogP contribution in [-0.2, 0) is 9.84 Å². The molecule has 0 radical (unpaired) electrons. The van der Waals surface area contributed by atoms with E-state index in [1.807, 2.05) is 24.3 Å². The van der Waals surface area contributed by atoms with Gasteiger partial charge in [0.2, 0.25) is 0 Å². The topological polar surface area (TPSA) is 69.2 Å². The fraction of sp³-hybridized carbons (Fsp3) is 0.0476. The smallest absolute Gasteiger partial charge is 0.175 e. The molecular formula is C21H15ClN2O3S. The molecule has 0 aliphatic heterocycles. The number of fused-ring (bicyclic) bond motifs is 1. The van der Waals surface area contributed by atoms with Crippen molar-refractivity contribution in [2.75, 3.05) is 6.26 Å². The van der Waals surface area contributed by atoms with Gasteiger partial charge in [-0.3, -0.25) is 0 Å². The van der Waals surface area contributed by atoms with Gasteiger partial charge in [0.05, 0.1) is 15.4 Å². The van der Waals surface area contributed by atoms with Gasteiger partial charge in [-0.1, -0.05) is 35.9 Å². The van der Waals surface area contributed by atoms with Crippen molar-refractivity contribution in [2.24, 2.45) is 0 Å². The van der Waals surface area contributed by atoms with Crippen molar-refractivity contribution in [3.63, 3.8) is 0 Å². The zero-order valence-electron chi connectivity index (χ0n) is 14.8. The molecule has 0 atom stereocenters. The van der Waals surface area contributed by atoms with E-state index in [0.717, 1.165) is 17.2 Å². The van der Waals surface area contributed by atoms with Gasteiger partial charge in [-0.2, -0.15) is 0 Å². The molecule has 4 rings (SSSR count). The Balaban J connectivity index is 1.71. The molecule has 1 aromatic heterocycles. The molecule has 0 spiro atoms. The predicted molar refractivity (Wildman–Crippen MR) is 110 cm³/mol. The summed E-state index contributed by atoms with van der Waals surface area (Å²) in [6.07, 6.45) is 2.90. The summed E-state index contributed by atoms with van der Waals surface area (Å²) in [7, 11) is -3.32. The molecule has 0 bridgehead atoms. The molecule has 3 aromatic carbocycles. The van der Waals surface area contributed by atoms with E-state index in [0.29, 0.717) is 27.9 Å². The molecule has 1 heterocycles. The Morgan fingerprint density at radius 3 is 2.54 bits per heavy atom. The first-order valence-electron chi connectivity index (χ1n) is 8.40. The van der Waals surface area contributed by atoms with Crippen LogP contribution >= 0.6 is 11.6 Å². The van der Waals surface area contributed by atoms with Crippen LogP contribution in [0.2, 0.25) is 5.02 Å². The first kappa shape index (κ1) is 18.4. The van der Waals surface area contributed by atoms with Gasteiger partial charge < -0.3 is 4.74 Å². The van der Waals surface area contributed by atoms with Gasteiger partial charge in [-0.15, -0.1) is 0 Å². The quantitative estimate of drug-likeness (QED) is 0.465. The van der Waals surface area contributed by atoms with Crippen LogP contribution in [0.3, 0.4) is 0 Å². The molecule has 5 nitrogen and oxygen atoms in total. The van der Waals surface area contributed by atoms with E-state index in [1.54, 1.807) is 36.5 Å². The van der Waals surface area contributed by atoms with Gasteiger partial charge in [0, 0.05) is 23.4 Å². The SMILES string of the molecule is CS(=O)(=O)c1cccc(Oc2ccc(Cl)c(-c3ncc4ccccc4n3)c2)c1. The van der Waals surface area contributed by atoms with Gasteiger partial charge in [0.25, 0.3) is 0 Å². The number of hydrogen-bond donors (Lipinski definition) is 0. The van der Waals surface area contributed by atoms with Crippen molar-refractivity contribution < 1.29 is 13.2 Å². The minimum atomic E-state index is -3.32. The molecule has 0 saturated heterocycles. The van der Waals surface area contributed by atoms with Crippen LogP contribution < -0.4 is 4.74 Å². The summed E-state index contributed by atoms with van der Waals surface area (Å²) in [6.45, 7) is 0. The van der Waals surface area contributed by atoms with Gasteiger partial charge in [0.15, 0.2) is 15.7 Å². The predicted octanol–water partition coefficient (Wildman–Crippen LogP) is 5.15. The largest absolute Gasteiger partial charge is 0.457 e. The van der Waals surface area contributed by atoms with E-state index in [1.165, 1.54) is 12.1 Å².